The van der Waals surface area contributed by atoms with Gasteiger partial charge in [0, 0.05) is 18.8 Å². The molecule has 1 saturated carbocycles. The third kappa shape index (κ3) is 4.25. The highest BCUT2D eigenvalue weighted by atomic mass is 32.2. The number of pyridine rings is 1. The van der Waals surface area contributed by atoms with Crippen LogP contribution < -0.4 is 15.8 Å². The zero-order valence-electron chi connectivity index (χ0n) is 10.1. The fraction of sp³-hybridized carbons (Fsp3) is 0.545. The van der Waals surface area contributed by atoms with Gasteiger partial charge >= 0.3 is 0 Å². The van der Waals surface area contributed by atoms with Gasteiger partial charge in [-0.15, -0.1) is 0 Å². The van der Waals surface area contributed by atoms with Gasteiger partial charge in [-0.1, -0.05) is 0 Å². The van der Waals surface area contributed by atoms with E-state index in [2.05, 4.69) is 15.6 Å². The van der Waals surface area contributed by atoms with Gasteiger partial charge in [-0.3, -0.25) is 0 Å². The molecule has 1 aliphatic rings. The molecular formula is C11H18N4O2S. The van der Waals surface area contributed by atoms with E-state index in [9.17, 15) is 8.42 Å². The van der Waals surface area contributed by atoms with Gasteiger partial charge in [0.25, 0.3) is 0 Å². The van der Waals surface area contributed by atoms with Crippen molar-refractivity contribution in [3.63, 3.8) is 0 Å². The van der Waals surface area contributed by atoms with Gasteiger partial charge in [0.1, 0.15) is 10.7 Å². The summed E-state index contributed by atoms with van der Waals surface area (Å²) in [5, 5.41) is 11.5. The fourth-order valence-corrected chi connectivity index (χ4v) is 2.01. The number of sulfonamides is 1. The number of hydrogen-bond donors (Lipinski definition) is 3. The Morgan fingerprint density at radius 2 is 2.11 bits per heavy atom. The standard InChI is InChI=1S/C11H18N4O2S/c12-18(16,17)10-4-5-11(15-8-10)14-7-1-6-13-9-2-3-9/h4-5,8-9,13H,1-3,6-7H2,(H,14,15)(H2,12,16,17). The second-order valence-electron chi connectivity index (χ2n) is 4.43. The summed E-state index contributed by atoms with van der Waals surface area (Å²) in [6, 6.07) is 3.80. The minimum absolute atomic E-state index is 0.0310. The molecule has 1 aromatic heterocycles. The monoisotopic (exact) mass is 270 g/mol. The molecule has 1 aliphatic carbocycles. The number of aromatic nitrogens is 1. The van der Waals surface area contributed by atoms with Crippen LogP contribution in [-0.4, -0.2) is 32.5 Å². The lowest BCUT2D eigenvalue weighted by molar-refractivity contribution is 0.597. The molecule has 0 unspecified atom stereocenters. The molecule has 0 aliphatic heterocycles. The molecule has 1 heterocycles. The lowest BCUT2D eigenvalue weighted by atomic mass is 10.4. The fourth-order valence-electron chi connectivity index (χ4n) is 1.55. The zero-order chi connectivity index (χ0) is 13.0. The van der Waals surface area contributed by atoms with Crippen LogP contribution in [0, 0.1) is 0 Å². The molecule has 0 aromatic carbocycles. The summed E-state index contributed by atoms with van der Waals surface area (Å²) in [7, 11) is -3.65. The van der Waals surface area contributed by atoms with Crippen LogP contribution in [0.15, 0.2) is 23.2 Å². The Balaban J connectivity index is 1.72. The summed E-state index contributed by atoms with van der Waals surface area (Å²) >= 11 is 0. The molecule has 1 fully saturated rings. The van der Waals surface area contributed by atoms with Crippen LogP contribution in [0.1, 0.15) is 19.3 Å². The van der Waals surface area contributed by atoms with Crippen LogP contribution in [0.4, 0.5) is 5.82 Å². The van der Waals surface area contributed by atoms with Gasteiger partial charge in [0.2, 0.25) is 10.0 Å². The highest BCUT2D eigenvalue weighted by Gasteiger charge is 2.19. The van der Waals surface area contributed by atoms with E-state index in [1.807, 2.05) is 0 Å². The largest absolute Gasteiger partial charge is 0.370 e. The molecule has 0 saturated heterocycles. The van der Waals surface area contributed by atoms with Crippen molar-refractivity contribution in [2.75, 3.05) is 18.4 Å². The molecular weight excluding hydrogens is 252 g/mol. The van der Waals surface area contributed by atoms with Crippen LogP contribution >= 0.6 is 0 Å². The Bertz CT molecular complexity index is 482. The molecule has 0 radical (unpaired) electrons. The van der Waals surface area contributed by atoms with Crippen molar-refractivity contribution in [1.29, 1.82) is 0 Å². The van der Waals surface area contributed by atoms with Gasteiger partial charge in [0.15, 0.2) is 0 Å². The van der Waals surface area contributed by atoms with Crippen molar-refractivity contribution >= 4 is 15.8 Å². The minimum Gasteiger partial charge on any atom is -0.370 e. The second-order valence-corrected chi connectivity index (χ2v) is 5.99. The van der Waals surface area contributed by atoms with Crippen LogP contribution in [0.25, 0.3) is 0 Å². The third-order valence-electron chi connectivity index (χ3n) is 2.73. The highest BCUT2D eigenvalue weighted by molar-refractivity contribution is 7.89. The topological polar surface area (TPSA) is 97.1 Å². The lowest BCUT2D eigenvalue weighted by Crippen LogP contribution is -2.20. The molecule has 1 aromatic rings. The average Bonchev–Trinajstić information content (AvgIpc) is 3.12. The third-order valence-corrected chi connectivity index (χ3v) is 3.63. The smallest absolute Gasteiger partial charge is 0.239 e. The molecule has 100 valence electrons. The maximum Gasteiger partial charge on any atom is 0.239 e. The van der Waals surface area contributed by atoms with Crippen molar-refractivity contribution in [3.05, 3.63) is 18.3 Å². The SMILES string of the molecule is NS(=O)(=O)c1ccc(NCCCNC2CC2)nc1. The lowest BCUT2D eigenvalue weighted by Gasteiger charge is -2.06. The van der Waals surface area contributed by atoms with E-state index in [0.29, 0.717) is 5.82 Å². The number of nitrogens with two attached hydrogens (primary N) is 1. The molecule has 7 heteroatoms. The Labute approximate surface area is 107 Å². The number of nitrogens with zero attached hydrogens (tertiary/aromatic N) is 1. The van der Waals surface area contributed by atoms with Crippen LogP contribution in [0.3, 0.4) is 0 Å². The van der Waals surface area contributed by atoms with Gasteiger partial charge < -0.3 is 10.6 Å². The van der Waals surface area contributed by atoms with Crippen molar-refractivity contribution in [3.8, 4) is 0 Å². The van der Waals surface area contributed by atoms with Crippen molar-refractivity contribution in [1.82, 2.24) is 10.3 Å². The maximum atomic E-state index is 11.0. The van der Waals surface area contributed by atoms with E-state index in [-0.39, 0.29) is 4.90 Å². The second kappa shape index (κ2) is 5.64. The number of rotatable bonds is 7. The Morgan fingerprint density at radius 1 is 1.33 bits per heavy atom. The summed E-state index contributed by atoms with van der Waals surface area (Å²) in [6.07, 6.45) is 4.86. The van der Waals surface area contributed by atoms with Crippen molar-refractivity contribution < 1.29 is 8.42 Å². The number of primary sulfonamides is 1. The van der Waals surface area contributed by atoms with E-state index in [0.717, 1.165) is 25.6 Å². The molecule has 4 N–H and O–H groups in total. The van der Waals surface area contributed by atoms with Crippen LogP contribution in [0.5, 0.6) is 0 Å². The van der Waals surface area contributed by atoms with E-state index in [1.165, 1.54) is 25.1 Å². The van der Waals surface area contributed by atoms with Gasteiger partial charge in [-0.05, 0) is 37.9 Å². The summed E-state index contributed by atoms with van der Waals surface area (Å²) in [5.41, 5.74) is 0. The first kappa shape index (κ1) is 13.3. The first-order chi connectivity index (χ1) is 8.55. The summed E-state index contributed by atoms with van der Waals surface area (Å²) < 4.78 is 22.0. The predicted molar refractivity (Wildman–Crippen MR) is 69.7 cm³/mol. The van der Waals surface area contributed by atoms with E-state index in [4.69, 9.17) is 5.14 Å². The predicted octanol–water partition coefficient (Wildman–Crippen LogP) is 0.283. The maximum absolute atomic E-state index is 11.0. The van der Waals surface area contributed by atoms with Crippen molar-refractivity contribution in [2.45, 2.75) is 30.2 Å². The first-order valence-corrected chi connectivity index (χ1v) is 7.56. The van der Waals surface area contributed by atoms with Gasteiger partial charge in [-0.25, -0.2) is 18.5 Å². The summed E-state index contributed by atoms with van der Waals surface area (Å²) in [4.78, 5) is 4.03. The van der Waals surface area contributed by atoms with Gasteiger partial charge in [0.05, 0.1) is 0 Å². The zero-order valence-corrected chi connectivity index (χ0v) is 10.9. The van der Waals surface area contributed by atoms with E-state index >= 15 is 0 Å². The Morgan fingerprint density at radius 3 is 2.67 bits per heavy atom. The average molecular weight is 270 g/mol. The first-order valence-electron chi connectivity index (χ1n) is 6.02. The molecule has 6 nitrogen and oxygen atoms in total. The van der Waals surface area contributed by atoms with Gasteiger partial charge in [-0.2, -0.15) is 0 Å². The minimum atomic E-state index is -3.65. The van der Waals surface area contributed by atoms with E-state index < -0.39 is 10.0 Å². The molecule has 2 rings (SSSR count). The Kier molecular flexibility index (Phi) is 4.15. The number of anilines is 1. The Hall–Kier alpha value is -1.18. The number of hydrogen-bond acceptors (Lipinski definition) is 5. The quantitative estimate of drug-likeness (QED) is 0.618. The normalized spacial score (nSPS) is 15.6. The molecule has 0 spiro atoms. The molecule has 0 amide bonds. The van der Waals surface area contributed by atoms with Crippen LogP contribution in [-0.2, 0) is 10.0 Å². The number of nitrogens with one attached hydrogen (secondary N) is 2. The summed E-state index contributed by atoms with van der Waals surface area (Å²) in [5.74, 6) is 0.661. The molecule has 0 bridgehead atoms. The van der Waals surface area contributed by atoms with Crippen molar-refractivity contribution in [2.24, 2.45) is 5.14 Å². The van der Waals surface area contributed by atoms with E-state index in [1.54, 1.807) is 6.07 Å². The molecule has 0 atom stereocenters. The highest BCUT2D eigenvalue weighted by Crippen LogP contribution is 2.18. The summed E-state index contributed by atoms with van der Waals surface area (Å²) in [6.45, 7) is 1.80. The van der Waals surface area contributed by atoms with Crippen LogP contribution in [0.2, 0.25) is 0 Å². The molecule has 18 heavy (non-hydrogen) atoms.